The number of carbonyl (C=O) groups excluding carboxylic acids is 1. The second kappa shape index (κ2) is 6.64. The van der Waals surface area contributed by atoms with Crippen LogP contribution in [0.5, 0.6) is 0 Å². The van der Waals surface area contributed by atoms with E-state index in [1.54, 1.807) is 25.4 Å². The van der Waals surface area contributed by atoms with Crippen LogP contribution in [0, 0.1) is 5.41 Å². The van der Waals surface area contributed by atoms with Crippen LogP contribution in [0.25, 0.3) is 11.3 Å². The molecule has 0 spiro atoms. The van der Waals surface area contributed by atoms with Crippen LogP contribution >= 0.6 is 0 Å². The Hall–Kier alpha value is -2.63. The van der Waals surface area contributed by atoms with Crippen LogP contribution in [-0.2, 0) is 16.1 Å². The van der Waals surface area contributed by atoms with Gasteiger partial charge in [0.2, 0.25) is 0 Å². The average molecular weight is 310 g/mol. The molecule has 1 fully saturated rings. The quantitative estimate of drug-likeness (QED) is 0.654. The first kappa shape index (κ1) is 15.3. The van der Waals surface area contributed by atoms with Gasteiger partial charge in [-0.05, 0) is 31.9 Å². The highest BCUT2D eigenvalue weighted by atomic mass is 16.5. The third-order valence-electron chi connectivity index (χ3n) is 3.51. The minimum Gasteiger partial charge on any atom is -0.459 e. The highest BCUT2D eigenvalue weighted by molar-refractivity contribution is 5.95. The molecule has 0 aromatic carbocycles. The molecule has 0 saturated heterocycles. The van der Waals surface area contributed by atoms with E-state index in [1.165, 1.54) is 12.8 Å². The van der Waals surface area contributed by atoms with Gasteiger partial charge in [-0.15, -0.1) is 0 Å². The van der Waals surface area contributed by atoms with Crippen molar-refractivity contribution in [1.82, 2.24) is 15.0 Å². The second-order valence-corrected chi connectivity index (χ2v) is 5.74. The van der Waals surface area contributed by atoms with E-state index >= 15 is 0 Å². The minimum absolute atomic E-state index is 0.0101. The van der Waals surface area contributed by atoms with Crippen molar-refractivity contribution in [2.75, 3.05) is 0 Å². The van der Waals surface area contributed by atoms with E-state index in [2.05, 4.69) is 15.0 Å². The summed E-state index contributed by atoms with van der Waals surface area (Å²) in [5.74, 6) is 1.02. The third kappa shape index (κ3) is 4.18. The van der Waals surface area contributed by atoms with Crippen LogP contribution in [0.15, 0.2) is 30.6 Å². The largest absolute Gasteiger partial charge is 0.459 e. The van der Waals surface area contributed by atoms with Gasteiger partial charge in [-0.3, -0.25) is 4.79 Å². The normalized spacial score (nSPS) is 13.6. The van der Waals surface area contributed by atoms with E-state index in [9.17, 15) is 4.79 Å². The monoisotopic (exact) mass is 310 g/mol. The molecule has 0 atom stereocenters. The molecule has 2 heterocycles. The number of hydrogen-bond donors (Lipinski definition) is 1. The van der Waals surface area contributed by atoms with Gasteiger partial charge in [-0.2, -0.15) is 0 Å². The molecule has 1 aliphatic rings. The van der Waals surface area contributed by atoms with Crippen LogP contribution in [0.1, 0.15) is 43.6 Å². The van der Waals surface area contributed by atoms with Crippen molar-refractivity contribution in [2.24, 2.45) is 0 Å². The molecule has 6 nitrogen and oxygen atoms in total. The Balaban J connectivity index is 1.66. The number of carbonyl (C=O) groups is 1. The zero-order chi connectivity index (χ0) is 16.2. The highest BCUT2D eigenvalue weighted by Gasteiger charge is 2.26. The first-order valence-electron chi connectivity index (χ1n) is 7.59. The van der Waals surface area contributed by atoms with Gasteiger partial charge in [0.05, 0.1) is 17.8 Å². The fourth-order valence-electron chi connectivity index (χ4n) is 2.17. The summed E-state index contributed by atoms with van der Waals surface area (Å²) in [7, 11) is 0. The van der Waals surface area contributed by atoms with E-state index in [4.69, 9.17) is 10.1 Å². The molecular weight excluding hydrogens is 292 g/mol. The van der Waals surface area contributed by atoms with Crippen molar-refractivity contribution < 1.29 is 9.53 Å². The zero-order valence-corrected chi connectivity index (χ0v) is 13.0. The van der Waals surface area contributed by atoms with Crippen molar-refractivity contribution in [3.8, 4) is 11.3 Å². The molecule has 2 aromatic rings. The van der Waals surface area contributed by atoms with Crippen LogP contribution in [-0.4, -0.2) is 26.6 Å². The third-order valence-corrected chi connectivity index (χ3v) is 3.51. The smallest absolute Gasteiger partial charge is 0.311 e. The SMILES string of the molecule is CC(=N)CC(=O)OCc1cccc(-c2cnc(C3CC3)nc2)n1. The van der Waals surface area contributed by atoms with Gasteiger partial charge in [-0.1, -0.05) is 6.07 Å². The summed E-state index contributed by atoms with van der Waals surface area (Å²) >= 11 is 0. The van der Waals surface area contributed by atoms with E-state index in [0.717, 1.165) is 17.1 Å². The number of pyridine rings is 1. The fourth-order valence-corrected chi connectivity index (χ4v) is 2.17. The number of rotatable bonds is 6. The van der Waals surface area contributed by atoms with Crippen LogP contribution < -0.4 is 0 Å². The van der Waals surface area contributed by atoms with Crippen LogP contribution in [0.4, 0.5) is 0 Å². The van der Waals surface area contributed by atoms with Gasteiger partial charge >= 0.3 is 5.97 Å². The first-order chi connectivity index (χ1) is 11.1. The molecule has 1 saturated carbocycles. The van der Waals surface area contributed by atoms with E-state index < -0.39 is 5.97 Å². The topological polar surface area (TPSA) is 88.8 Å². The number of aromatic nitrogens is 3. The maximum Gasteiger partial charge on any atom is 0.311 e. The van der Waals surface area contributed by atoms with Crippen molar-refractivity contribution in [3.05, 3.63) is 42.1 Å². The van der Waals surface area contributed by atoms with E-state index in [0.29, 0.717) is 11.6 Å². The van der Waals surface area contributed by atoms with Gasteiger partial charge in [0.25, 0.3) is 0 Å². The number of nitrogens with one attached hydrogen (secondary N) is 1. The van der Waals surface area contributed by atoms with Crippen molar-refractivity contribution in [1.29, 1.82) is 5.41 Å². The van der Waals surface area contributed by atoms with E-state index in [1.807, 2.05) is 12.1 Å². The summed E-state index contributed by atoms with van der Waals surface area (Å²) in [6.45, 7) is 1.67. The molecule has 0 aliphatic heterocycles. The van der Waals surface area contributed by atoms with Crippen molar-refractivity contribution >= 4 is 11.7 Å². The Morgan fingerprint density at radius 1 is 1.30 bits per heavy atom. The highest BCUT2D eigenvalue weighted by Crippen LogP contribution is 2.37. The number of hydrogen-bond acceptors (Lipinski definition) is 6. The number of ether oxygens (including phenoxy) is 1. The molecule has 2 aromatic heterocycles. The maximum atomic E-state index is 11.5. The molecule has 0 bridgehead atoms. The maximum absolute atomic E-state index is 11.5. The molecular formula is C17H18N4O2. The van der Waals surface area contributed by atoms with Gasteiger partial charge in [0, 0.05) is 29.6 Å². The van der Waals surface area contributed by atoms with Gasteiger partial charge < -0.3 is 10.1 Å². The lowest BCUT2D eigenvalue weighted by Crippen LogP contribution is -2.09. The standard InChI is InChI=1S/C17H18N4O2/c1-11(18)7-16(22)23-10-14-3-2-4-15(21-14)13-8-19-17(20-9-13)12-5-6-12/h2-4,8-9,12,18H,5-7,10H2,1H3. The van der Waals surface area contributed by atoms with Crippen molar-refractivity contribution in [2.45, 2.75) is 38.7 Å². The molecule has 3 rings (SSSR count). The predicted molar refractivity (Wildman–Crippen MR) is 85.1 cm³/mol. The van der Waals surface area contributed by atoms with Crippen LogP contribution in [0.3, 0.4) is 0 Å². The zero-order valence-electron chi connectivity index (χ0n) is 13.0. The average Bonchev–Trinajstić information content (AvgIpc) is 3.38. The molecule has 0 amide bonds. The Bertz CT molecular complexity index is 724. The molecule has 23 heavy (non-hydrogen) atoms. The number of nitrogens with zero attached hydrogens (tertiary/aromatic N) is 3. The summed E-state index contributed by atoms with van der Waals surface area (Å²) in [5, 5.41) is 7.28. The Morgan fingerprint density at radius 3 is 2.70 bits per heavy atom. The molecule has 118 valence electrons. The van der Waals surface area contributed by atoms with Gasteiger partial charge in [-0.25, -0.2) is 15.0 Å². The lowest BCUT2D eigenvalue weighted by molar-refractivity contribution is -0.143. The number of esters is 1. The first-order valence-corrected chi connectivity index (χ1v) is 7.59. The lowest BCUT2D eigenvalue weighted by Gasteiger charge is -2.06. The second-order valence-electron chi connectivity index (χ2n) is 5.74. The molecule has 1 aliphatic carbocycles. The Morgan fingerprint density at radius 2 is 2.04 bits per heavy atom. The summed E-state index contributed by atoms with van der Waals surface area (Å²) in [5.41, 5.74) is 2.54. The molecule has 0 unspecified atom stereocenters. The van der Waals surface area contributed by atoms with Crippen LogP contribution in [0.2, 0.25) is 0 Å². The van der Waals surface area contributed by atoms with Gasteiger partial charge in [0.15, 0.2) is 0 Å². The predicted octanol–water partition coefficient (Wildman–Crippen LogP) is 2.89. The molecule has 0 radical (unpaired) electrons. The summed E-state index contributed by atoms with van der Waals surface area (Å²) < 4.78 is 5.12. The van der Waals surface area contributed by atoms with E-state index in [-0.39, 0.29) is 18.7 Å². The Labute approximate surface area is 134 Å². The molecule has 1 N–H and O–H groups in total. The summed E-state index contributed by atoms with van der Waals surface area (Å²) in [6, 6.07) is 5.54. The Kier molecular flexibility index (Phi) is 4.41. The lowest BCUT2D eigenvalue weighted by atomic mass is 10.2. The van der Waals surface area contributed by atoms with Crippen molar-refractivity contribution in [3.63, 3.8) is 0 Å². The summed E-state index contributed by atoms with van der Waals surface area (Å²) in [6.07, 6.45) is 5.94. The fraction of sp³-hybridized carbons (Fsp3) is 0.353. The van der Waals surface area contributed by atoms with Gasteiger partial charge in [0.1, 0.15) is 12.4 Å². The molecule has 6 heteroatoms. The summed E-state index contributed by atoms with van der Waals surface area (Å²) in [4.78, 5) is 24.7. The minimum atomic E-state index is -0.415.